The number of fused-ring (bicyclic) bond motifs is 1. The molecule has 0 fully saturated rings. The quantitative estimate of drug-likeness (QED) is 0.589. The Morgan fingerprint density at radius 1 is 1.10 bits per heavy atom. The van der Waals surface area contributed by atoms with E-state index in [4.69, 9.17) is 0 Å². The molecule has 2 N–H and O–H groups in total. The van der Waals surface area contributed by atoms with Crippen LogP contribution in [-0.2, 0) is 0 Å². The fraction of sp³-hybridized carbons (Fsp3) is 0.0667. The lowest BCUT2D eigenvalue weighted by atomic mass is 10.1. The van der Waals surface area contributed by atoms with Gasteiger partial charge in [0.25, 0.3) is 0 Å². The number of nitrogens with one attached hydrogen (secondary N) is 2. The minimum Gasteiger partial charge on any atom is -0.285 e. The first-order chi connectivity index (χ1) is 10.3. The Bertz CT molecular complexity index is 907. The van der Waals surface area contributed by atoms with E-state index < -0.39 is 0 Å². The molecule has 4 rings (SSSR count). The smallest absolute Gasteiger partial charge is 0.200 e. The van der Waals surface area contributed by atoms with E-state index in [1.165, 1.54) is 5.56 Å². The van der Waals surface area contributed by atoms with Crippen LogP contribution in [0.15, 0.2) is 42.9 Å². The number of H-pyrrole nitrogens is 2. The highest BCUT2D eigenvalue weighted by molar-refractivity contribution is 5.89. The molecule has 0 aliphatic heterocycles. The van der Waals surface area contributed by atoms with Gasteiger partial charge < -0.3 is 0 Å². The molecular formula is C15H12N6. The Hall–Kier alpha value is -3.02. The lowest BCUT2D eigenvalue weighted by Gasteiger charge is -2.03. The number of hydrogen-bond donors (Lipinski definition) is 2. The Kier molecular flexibility index (Phi) is 2.53. The van der Waals surface area contributed by atoms with Gasteiger partial charge in [-0.15, -0.1) is 0 Å². The van der Waals surface area contributed by atoms with Crippen LogP contribution in [0.1, 0.15) is 5.56 Å². The van der Waals surface area contributed by atoms with Gasteiger partial charge >= 0.3 is 0 Å². The van der Waals surface area contributed by atoms with Crippen molar-refractivity contribution in [2.45, 2.75) is 6.92 Å². The van der Waals surface area contributed by atoms with E-state index in [1.807, 2.05) is 12.1 Å². The summed E-state index contributed by atoms with van der Waals surface area (Å²) in [5.41, 5.74) is 6.19. The normalized spacial score (nSPS) is 11.1. The zero-order valence-electron chi connectivity index (χ0n) is 11.3. The molecule has 0 aliphatic carbocycles. The molecule has 0 aliphatic rings. The van der Waals surface area contributed by atoms with E-state index in [-0.39, 0.29) is 0 Å². The minimum absolute atomic E-state index is 0.612. The van der Waals surface area contributed by atoms with E-state index in [0.29, 0.717) is 5.65 Å². The highest BCUT2D eigenvalue weighted by atomic mass is 15.2. The van der Waals surface area contributed by atoms with Crippen LogP contribution < -0.4 is 0 Å². The van der Waals surface area contributed by atoms with Gasteiger partial charge in [0, 0.05) is 17.3 Å². The van der Waals surface area contributed by atoms with Crippen LogP contribution >= 0.6 is 0 Å². The molecule has 0 spiro atoms. The number of rotatable bonds is 2. The molecular weight excluding hydrogens is 264 g/mol. The molecule has 6 heteroatoms. The van der Waals surface area contributed by atoms with Crippen LogP contribution in [-0.4, -0.2) is 30.4 Å². The molecule has 0 radical (unpaired) electrons. The Morgan fingerprint density at radius 3 is 2.81 bits per heavy atom. The Labute approximate surface area is 120 Å². The molecule has 0 bridgehead atoms. The fourth-order valence-electron chi connectivity index (χ4n) is 2.37. The second-order valence-electron chi connectivity index (χ2n) is 4.83. The molecule has 102 valence electrons. The highest BCUT2D eigenvalue weighted by Crippen LogP contribution is 2.28. The monoisotopic (exact) mass is 276 g/mol. The average molecular weight is 276 g/mol. The summed E-state index contributed by atoms with van der Waals surface area (Å²) in [7, 11) is 0. The molecule has 3 aromatic heterocycles. The maximum Gasteiger partial charge on any atom is 0.200 e. The van der Waals surface area contributed by atoms with Crippen LogP contribution in [0.2, 0.25) is 0 Å². The van der Waals surface area contributed by atoms with E-state index in [1.54, 1.807) is 18.6 Å². The second-order valence-corrected chi connectivity index (χ2v) is 4.83. The highest BCUT2D eigenvalue weighted by Gasteiger charge is 2.13. The van der Waals surface area contributed by atoms with Gasteiger partial charge in [0.05, 0.1) is 23.8 Å². The third kappa shape index (κ3) is 1.88. The first-order valence-electron chi connectivity index (χ1n) is 6.59. The summed E-state index contributed by atoms with van der Waals surface area (Å²) in [4.78, 5) is 9.05. The molecule has 1 aromatic carbocycles. The molecule has 0 amide bonds. The van der Waals surface area contributed by atoms with Crippen molar-refractivity contribution < 1.29 is 0 Å². The van der Waals surface area contributed by atoms with Crippen molar-refractivity contribution in [1.82, 2.24) is 30.4 Å². The standard InChI is InChI=1S/C15H12N6/c1-9-4-2-3-5-11(9)13-14-15(21-20-13)16-8-12(19-14)10-6-17-18-7-10/h2-8H,1H3,(H,17,18)(H,16,20,21). The summed E-state index contributed by atoms with van der Waals surface area (Å²) < 4.78 is 0. The van der Waals surface area contributed by atoms with Crippen molar-refractivity contribution in [2.24, 2.45) is 0 Å². The lowest BCUT2D eigenvalue weighted by Crippen LogP contribution is -1.88. The molecule has 0 saturated heterocycles. The average Bonchev–Trinajstić information content (AvgIpc) is 3.17. The van der Waals surface area contributed by atoms with Gasteiger partial charge in [-0.1, -0.05) is 24.3 Å². The number of aromatic amines is 2. The topological polar surface area (TPSA) is 83.1 Å². The Balaban J connectivity index is 1.95. The van der Waals surface area contributed by atoms with Crippen molar-refractivity contribution in [1.29, 1.82) is 0 Å². The Morgan fingerprint density at radius 2 is 2.00 bits per heavy atom. The maximum atomic E-state index is 4.68. The zero-order chi connectivity index (χ0) is 14.2. The summed E-state index contributed by atoms with van der Waals surface area (Å²) >= 11 is 0. The number of benzene rings is 1. The van der Waals surface area contributed by atoms with Crippen molar-refractivity contribution in [3.8, 4) is 22.5 Å². The first kappa shape index (κ1) is 11.8. The fourth-order valence-corrected chi connectivity index (χ4v) is 2.37. The predicted molar refractivity (Wildman–Crippen MR) is 79.4 cm³/mol. The minimum atomic E-state index is 0.612. The maximum absolute atomic E-state index is 4.68. The van der Waals surface area contributed by atoms with Crippen LogP contribution in [0.25, 0.3) is 33.7 Å². The largest absolute Gasteiger partial charge is 0.285 e. The summed E-state index contributed by atoms with van der Waals surface area (Å²) in [5.74, 6) is 0. The third-order valence-corrected chi connectivity index (χ3v) is 3.47. The SMILES string of the molecule is Cc1ccccc1-c1[nH]nc2ncc(-c3cn[nH]c3)nc12. The molecule has 4 aromatic rings. The van der Waals surface area contributed by atoms with E-state index in [2.05, 4.69) is 49.4 Å². The van der Waals surface area contributed by atoms with Gasteiger partial charge in [0.1, 0.15) is 5.52 Å². The molecule has 6 nitrogen and oxygen atoms in total. The third-order valence-electron chi connectivity index (χ3n) is 3.47. The predicted octanol–water partition coefficient (Wildman–Crippen LogP) is 2.72. The molecule has 3 heterocycles. The summed E-state index contributed by atoms with van der Waals surface area (Å²) in [5, 5.41) is 14.0. The molecule has 0 unspecified atom stereocenters. The van der Waals surface area contributed by atoms with Crippen LogP contribution in [0, 0.1) is 6.92 Å². The van der Waals surface area contributed by atoms with Gasteiger partial charge in [-0.2, -0.15) is 10.2 Å². The van der Waals surface area contributed by atoms with E-state index >= 15 is 0 Å². The summed E-state index contributed by atoms with van der Waals surface area (Å²) in [6.07, 6.45) is 5.22. The molecule has 21 heavy (non-hydrogen) atoms. The van der Waals surface area contributed by atoms with Gasteiger partial charge in [-0.3, -0.25) is 10.2 Å². The number of aryl methyl sites for hydroxylation is 1. The van der Waals surface area contributed by atoms with E-state index in [9.17, 15) is 0 Å². The van der Waals surface area contributed by atoms with Gasteiger partial charge in [0.2, 0.25) is 0 Å². The van der Waals surface area contributed by atoms with E-state index in [0.717, 1.165) is 28.0 Å². The second kappa shape index (κ2) is 4.52. The van der Waals surface area contributed by atoms with Gasteiger partial charge in [0.15, 0.2) is 5.65 Å². The van der Waals surface area contributed by atoms with Crippen molar-refractivity contribution in [3.63, 3.8) is 0 Å². The van der Waals surface area contributed by atoms with Crippen molar-refractivity contribution >= 4 is 11.2 Å². The van der Waals surface area contributed by atoms with Gasteiger partial charge in [-0.25, -0.2) is 9.97 Å². The zero-order valence-corrected chi connectivity index (χ0v) is 11.3. The first-order valence-corrected chi connectivity index (χ1v) is 6.59. The van der Waals surface area contributed by atoms with Gasteiger partial charge in [-0.05, 0) is 12.5 Å². The molecule has 0 atom stereocenters. The number of hydrogen-bond acceptors (Lipinski definition) is 4. The van der Waals surface area contributed by atoms with Crippen molar-refractivity contribution in [2.75, 3.05) is 0 Å². The summed E-state index contributed by atoms with van der Waals surface area (Å²) in [6.45, 7) is 2.06. The lowest BCUT2D eigenvalue weighted by molar-refractivity contribution is 1.09. The van der Waals surface area contributed by atoms with Crippen LogP contribution in [0.3, 0.4) is 0 Å². The number of nitrogens with zero attached hydrogens (tertiary/aromatic N) is 4. The summed E-state index contributed by atoms with van der Waals surface area (Å²) in [6, 6.07) is 8.13. The van der Waals surface area contributed by atoms with Crippen LogP contribution in [0.5, 0.6) is 0 Å². The van der Waals surface area contributed by atoms with Crippen LogP contribution in [0.4, 0.5) is 0 Å². The molecule has 0 saturated carbocycles. The number of aromatic nitrogens is 6. The van der Waals surface area contributed by atoms with Crippen molar-refractivity contribution in [3.05, 3.63) is 48.4 Å².